The second-order valence-electron chi connectivity index (χ2n) is 6.55. The molecule has 0 saturated heterocycles. The molecule has 25 heavy (non-hydrogen) atoms. The predicted molar refractivity (Wildman–Crippen MR) is 95.6 cm³/mol. The maximum absolute atomic E-state index is 12.7. The molecule has 3 rings (SSSR count). The zero-order valence-electron chi connectivity index (χ0n) is 15.2. The fourth-order valence-corrected chi connectivity index (χ4v) is 3.38. The first kappa shape index (κ1) is 17.5. The minimum absolute atomic E-state index is 0.156. The highest BCUT2D eigenvalue weighted by Gasteiger charge is 2.24. The summed E-state index contributed by atoms with van der Waals surface area (Å²) < 4.78 is 7.62. The van der Waals surface area contributed by atoms with Gasteiger partial charge in [-0.3, -0.25) is 4.79 Å². The van der Waals surface area contributed by atoms with Gasteiger partial charge in [0.15, 0.2) is 0 Å². The van der Waals surface area contributed by atoms with Crippen LogP contribution >= 0.6 is 0 Å². The first-order valence-electron chi connectivity index (χ1n) is 8.94. The highest BCUT2D eigenvalue weighted by Crippen LogP contribution is 2.20. The van der Waals surface area contributed by atoms with Gasteiger partial charge in [0, 0.05) is 26.1 Å². The lowest BCUT2D eigenvalue weighted by atomic mass is 10.1. The molecule has 0 saturated carbocycles. The van der Waals surface area contributed by atoms with Crippen molar-refractivity contribution in [2.75, 3.05) is 13.7 Å². The average Bonchev–Trinajstić information content (AvgIpc) is 2.83. The fourth-order valence-electron chi connectivity index (χ4n) is 3.38. The molecule has 0 aliphatic carbocycles. The SMILES string of the molecule is CCOc1ccc(CC(=O)N(C)C2CCc3nnc(C)n3CC2)cc1. The highest BCUT2D eigenvalue weighted by atomic mass is 16.5. The number of hydrogen-bond donors (Lipinski definition) is 0. The van der Waals surface area contributed by atoms with E-state index in [0.717, 1.165) is 48.8 Å². The molecule has 1 aromatic heterocycles. The van der Waals surface area contributed by atoms with Crippen molar-refractivity contribution in [3.8, 4) is 5.75 Å². The quantitative estimate of drug-likeness (QED) is 0.837. The smallest absolute Gasteiger partial charge is 0.226 e. The maximum atomic E-state index is 12.7. The third-order valence-electron chi connectivity index (χ3n) is 4.93. The van der Waals surface area contributed by atoms with Crippen LogP contribution in [-0.4, -0.2) is 45.3 Å². The van der Waals surface area contributed by atoms with Crippen LogP contribution in [0.4, 0.5) is 0 Å². The van der Waals surface area contributed by atoms with Crippen molar-refractivity contribution in [3.05, 3.63) is 41.5 Å². The summed E-state index contributed by atoms with van der Waals surface area (Å²) in [5.74, 6) is 2.99. The number of ether oxygens (including phenoxy) is 1. The van der Waals surface area contributed by atoms with Gasteiger partial charge in [-0.2, -0.15) is 0 Å². The van der Waals surface area contributed by atoms with Crippen LogP contribution in [0.25, 0.3) is 0 Å². The summed E-state index contributed by atoms with van der Waals surface area (Å²) in [5, 5.41) is 8.39. The van der Waals surface area contributed by atoms with E-state index in [-0.39, 0.29) is 11.9 Å². The lowest BCUT2D eigenvalue weighted by Crippen LogP contribution is -2.38. The number of fused-ring (bicyclic) bond motifs is 1. The van der Waals surface area contributed by atoms with Gasteiger partial charge in [0.1, 0.15) is 17.4 Å². The molecule has 6 nitrogen and oxygen atoms in total. The van der Waals surface area contributed by atoms with Gasteiger partial charge in [0.2, 0.25) is 5.91 Å². The van der Waals surface area contributed by atoms with Gasteiger partial charge in [-0.25, -0.2) is 0 Å². The molecular formula is C19H26N4O2. The van der Waals surface area contributed by atoms with Crippen LogP contribution in [-0.2, 0) is 24.2 Å². The number of benzene rings is 1. The molecule has 1 aromatic carbocycles. The van der Waals surface area contributed by atoms with E-state index >= 15 is 0 Å². The van der Waals surface area contributed by atoms with Crippen molar-refractivity contribution < 1.29 is 9.53 Å². The normalized spacial score (nSPS) is 16.8. The number of carbonyl (C=O) groups excluding carboxylic acids is 1. The zero-order chi connectivity index (χ0) is 17.8. The summed E-state index contributed by atoms with van der Waals surface area (Å²) in [6, 6.07) is 8.03. The van der Waals surface area contributed by atoms with Crippen LogP contribution in [0.1, 0.15) is 37.0 Å². The topological polar surface area (TPSA) is 60.2 Å². The van der Waals surface area contributed by atoms with E-state index in [9.17, 15) is 4.79 Å². The number of aryl methyl sites for hydroxylation is 2. The van der Waals surface area contributed by atoms with E-state index in [0.29, 0.717) is 13.0 Å². The van der Waals surface area contributed by atoms with E-state index in [1.165, 1.54) is 0 Å². The maximum Gasteiger partial charge on any atom is 0.226 e. The Morgan fingerprint density at radius 2 is 2.04 bits per heavy atom. The van der Waals surface area contributed by atoms with Crippen molar-refractivity contribution in [3.63, 3.8) is 0 Å². The lowest BCUT2D eigenvalue weighted by molar-refractivity contribution is -0.131. The Hall–Kier alpha value is -2.37. The summed E-state index contributed by atoms with van der Waals surface area (Å²) >= 11 is 0. The highest BCUT2D eigenvalue weighted by molar-refractivity contribution is 5.78. The first-order chi connectivity index (χ1) is 12.1. The van der Waals surface area contributed by atoms with Gasteiger partial charge < -0.3 is 14.2 Å². The monoisotopic (exact) mass is 342 g/mol. The molecule has 0 fully saturated rings. The van der Waals surface area contributed by atoms with Crippen molar-refractivity contribution in [1.29, 1.82) is 0 Å². The third-order valence-corrected chi connectivity index (χ3v) is 4.93. The Morgan fingerprint density at radius 3 is 2.76 bits per heavy atom. The third kappa shape index (κ3) is 4.00. The van der Waals surface area contributed by atoms with E-state index in [2.05, 4.69) is 14.8 Å². The molecule has 2 heterocycles. The number of amides is 1. The number of rotatable bonds is 5. The molecule has 0 radical (unpaired) electrons. The van der Waals surface area contributed by atoms with Crippen molar-refractivity contribution in [2.45, 2.75) is 52.1 Å². The Balaban J connectivity index is 1.59. The minimum atomic E-state index is 0.156. The van der Waals surface area contributed by atoms with Gasteiger partial charge in [-0.1, -0.05) is 12.1 Å². The molecule has 1 amide bonds. The number of hydrogen-bond acceptors (Lipinski definition) is 4. The van der Waals surface area contributed by atoms with Crippen LogP contribution in [0.2, 0.25) is 0 Å². The molecule has 0 bridgehead atoms. The Morgan fingerprint density at radius 1 is 1.28 bits per heavy atom. The Kier molecular flexibility index (Phi) is 5.36. The molecule has 1 atom stereocenters. The van der Waals surface area contributed by atoms with Crippen LogP contribution in [0.15, 0.2) is 24.3 Å². The molecule has 1 unspecified atom stereocenters. The largest absolute Gasteiger partial charge is 0.494 e. The number of carbonyl (C=O) groups is 1. The number of likely N-dealkylation sites (N-methyl/N-ethyl adjacent to an activating group) is 1. The summed E-state index contributed by atoms with van der Waals surface area (Å²) in [6.07, 6.45) is 3.16. The van der Waals surface area contributed by atoms with E-state index in [1.807, 2.05) is 50.1 Å². The molecule has 1 aliphatic heterocycles. The minimum Gasteiger partial charge on any atom is -0.494 e. The van der Waals surface area contributed by atoms with E-state index in [4.69, 9.17) is 4.74 Å². The molecule has 134 valence electrons. The summed E-state index contributed by atoms with van der Waals surface area (Å²) in [7, 11) is 1.92. The first-order valence-corrected chi connectivity index (χ1v) is 8.94. The zero-order valence-corrected chi connectivity index (χ0v) is 15.2. The number of aromatic nitrogens is 3. The van der Waals surface area contributed by atoms with Crippen LogP contribution in [0.3, 0.4) is 0 Å². The van der Waals surface area contributed by atoms with Gasteiger partial charge in [0.25, 0.3) is 0 Å². The second kappa shape index (κ2) is 7.68. The standard InChI is InChI=1S/C19H26N4O2/c1-4-25-17-8-5-15(6-9-17)13-19(24)22(3)16-7-10-18-21-20-14(2)23(18)12-11-16/h5-6,8-9,16H,4,7,10-13H2,1-3H3. The molecule has 1 aliphatic rings. The number of nitrogens with zero attached hydrogens (tertiary/aromatic N) is 4. The molecular weight excluding hydrogens is 316 g/mol. The van der Waals surface area contributed by atoms with E-state index < -0.39 is 0 Å². The summed E-state index contributed by atoms with van der Waals surface area (Å²) in [5.41, 5.74) is 1.02. The predicted octanol–water partition coefficient (Wildman–Crippen LogP) is 2.39. The van der Waals surface area contributed by atoms with Crippen LogP contribution < -0.4 is 4.74 Å². The van der Waals surface area contributed by atoms with Gasteiger partial charge in [-0.05, 0) is 44.4 Å². The lowest BCUT2D eigenvalue weighted by Gasteiger charge is -2.27. The Labute approximate surface area is 148 Å². The van der Waals surface area contributed by atoms with Crippen LogP contribution in [0.5, 0.6) is 5.75 Å². The van der Waals surface area contributed by atoms with Gasteiger partial charge in [-0.15, -0.1) is 10.2 Å². The summed E-state index contributed by atoms with van der Waals surface area (Å²) in [4.78, 5) is 14.6. The fraction of sp³-hybridized carbons (Fsp3) is 0.526. The molecule has 2 aromatic rings. The molecule has 6 heteroatoms. The average molecular weight is 342 g/mol. The molecule has 0 spiro atoms. The Bertz CT molecular complexity index is 724. The van der Waals surface area contributed by atoms with Crippen LogP contribution in [0, 0.1) is 6.92 Å². The molecule has 0 N–H and O–H groups in total. The van der Waals surface area contributed by atoms with Gasteiger partial charge >= 0.3 is 0 Å². The van der Waals surface area contributed by atoms with Crippen molar-refractivity contribution >= 4 is 5.91 Å². The van der Waals surface area contributed by atoms with Crippen molar-refractivity contribution in [2.24, 2.45) is 0 Å². The summed E-state index contributed by atoms with van der Waals surface area (Å²) in [6.45, 7) is 5.47. The van der Waals surface area contributed by atoms with Gasteiger partial charge in [0.05, 0.1) is 13.0 Å². The van der Waals surface area contributed by atoms with E-state index in [1.54, 1.807) is 0 Å². The second-order valence-corrected chi connectivity index (χ2v) is 6.55. The van der Waals surface area contributed by atoms with Crippen molar-refractivity contribution in [1.82, 2.24) is 19.7 Å².